The van der Waals surface area contributed by atoms with Crippen molar-refractivity contribution in [3.63, 3.8) is 0 Å². The van der Waals surface area contributed by atoms with E-state index in [0.29, 0.717) is 17.3 Å². The Morgan fingerprint density at radius 3 is 2.37 bits per heavy atom. The summed E-state index contributed by atoms with van der Waals surface area (Å²) in [6, 6.07) is 13.6. The molecular formula is C23H30Cl2N2O3. The van der Waals surface area contributed by atoms with Gasteiger partial charge in [-0.05, 0) is 81.2 Å². The van der Waals surface area contributed by atoms with Crippen LogP contribution in [-0.2, 0) is 4.79 Å². The van der Waals surface area contributed by atoms with E-state index in [0.717, 1.165) is 24.4 Å². The standard InChI is InChI=1S/C23H29ClN2O3.ClH/c1-16-14-20(10-11-21(16)24)29-17(2)23(27)25-15-22(26-12-4-5-13-26)18-6-8-19(28-3)9-7-18;/h6-11,14,17,22H,4-5,12-13,15H2,1-3H3,(H,25,27);1H. The molecule has 164 valence electrons. The third-order valence-electron chi connectivity index (χ3n) is 5.36. The van der Waals surface area contributed by atoms with Crippen LogP contribution in [0.4, 0.5) is 0 Å². The van der Waals surface area contributed by atoms with Gasteiger partial charge in [0.15, 0.2) is 6.10 Å². The van der Waals surface area contributed by atoms with Gasteiger partial charge < -0.3 is 14.8 Å². The van der Waals surface area contributed by atoms with Crippen molar-refractivity contribution in [1.29, 1.82) is 0 Å². The van der Waals surface area contributed by atoms with Crippen LogP contribution < -0.4 is 14.8 Å². The number of methoxy groups -OCH3 is 1. The van der Waals surface area contributed by atoms with Crippen LogP contribution in [0.5, 0.6) is 11.5 Å². The minimum Gasteiger partial charge on any atom is -0.497 e. The molecular weight excluding hydrogens is 423 g/mol. The van der Waals surface area contributed by atoms with E-state index in [-0.39, 0.29) is 24.4 Å². The highest BCUT2D eigenvalue weighted by molar-refractivity contribution is 6.31. The fourth-order valence-corrected chi connectivity index (χ4v) is 3.74. The largest absolute Gasteiger partial charge is 0.497 e. The number of nitrogens with zero attached hydrogens (tertiary/aromatic N) is 1. The third kappa shape index (κ3) is 6.27. The molecule has 1 fully saturated rings. The van der Waals surface area contributed by atoms with Gasteiger partial charge in [-0.15, -0.1) is 12.4 Å². The zero-order valence-corrected chi connectivity index (χ0v) is 19.3. The summed E-state index contributed by atoms with van der Waals surface area (Å²) in [4.78, 5) is 15.1. The molecule has 0 spiro atoms. The van der Waals surface area contributed by atoms with Crippen molar-refractivity contribution in [2.75, 3.05) is 26.7 Å². The van der Waals surface area contributed by atoms with Crippen LogP contribution in [0.2, 0.25) is 5.02 Å². The maximum Gasteiger partial charge on any atom is 0.260 e. The van der Waals surface area contributed by atoms with Crippen molar-refractivity contribution in [2.24, 2.45) is 0 Å². The Morgan fingerprint density at radius 2 is 1.77 bits per heavy atom. The quantitative estimate of drug-likeness (QED) is 0.624. The Labute approximate surface area is 190 Å². The lowest BCUT2D eigenvalue weighted by atomic mass is 10.1. The lowest BCUT2D eigenvalue weighted by Crippen LogP contribution is -2.42. The van der Waals surface area contributed by atoms with Gasteiger partial charge in [-0.2, -0.15) is 0 Å². The van der Waals surface area contributed by atoms with Crippen molar-refractivity contribution < 1.29 is 14.3 Å². The first-order valence-electron chi connectivity index (χ1n) is 10.1. The van der Waals surface area contributed by atoms with Crippen LogP contribution in [0.1, 0.15) is 36.9 Å². The van der Waals surface area contributed by atoms with Crippen LogP contribution in [0.25, 0.3) is 0 Å². The molecule has 1 aliphatic heterocycles. The maximum absolute atomic E-state index is 12.6. The van der Waals surface area contributed by atoms with Crippen molar-refractivity contribution in [3.8, 4) is 11.5 Å². The van der Waals surface area contributed by atoms with E-state index in [1.165, 1.54) is 18.4 Å². The Kier molecular flexibility index (Phi) is 9.28. The average molecular weight is 453 g/mol. The van der Waals surface area contributed by atoms with Gasteiger partial charge in [0, 0.05) is 11.6 Å². The SMILES string of the molecule is COc1ccc(C(CNC(=O)C(C)Oc2ccc(Cl)c(C)c2)N2CCCC2)cc1.Cl. The number of benzene rings is 2. The molecule has 2 unspecified atom stereocenters. The first-order valence-corrected chi connectivity index (χ1v) is 10.4. The first-order chi connectivity index (χ1) is 14.0. The molecule has 3 rings (SSSR count). The lowest BCUT2D eigenvalue weighted by molar-refractivity contribution is -0.127. The molecule has 0 saturated carbocycles. The Hall–Kier alpha value is -1.95. The van der Waals surface area contributed by atoms with Gasteiger partial charge in [0.25, 0.3) is 5.91 Å². The van der Waals surface area contributed by atoms with E-state index < -0.39 is 6.10 Å². The number of ether oxygens (including phenoxy) is 2. The molecule has 0 aliphatic carbocycles. The molecule has 1 aliphatic rings. The second kappa shape index (κ2) is 11.4. The van der Waals surface area contributed by atoms with Crippen molar-refractivity contribution in [1.82, 2.24) is 10.2 Å². The molecule has 1 amide bonds. The number of nitrogens with one attached hydrogen (secondary N) is 1. The maximum atomic E-state index is 12.6. The van der Waals surface area contributed by atoms with E-state index in [9.17, 15) is 4.79 Å². The summed E-state index contributed by atoms with van der Waals surface area (Å²) < 4.78 is 11.1. The highest BCUT2D eigenvalue weighted by atomic mass is 35.5. The summed E-state index contributed by atoms with van der Waals surface area (Å²) in [5.41, 5.74) is 2.10. The van der Waals surface area contributed by atoms with E-state index in [1.54, 1.807) is 26.2 Å². The fourth-order valence-electron chi connectivity index (χ4n) is 3.63. The van der Waals surface area contributed by atoms with Gasteiger partial charge >= 0.3 is 0 Å². The Morgan fingerprint density at radius 1 is 1.13 bits per heavy atom. The number of rotatable bonds is 8. The normalized spacial score (nSPS) is 15.7. The molecule has 2 aromatic rings. The fraction of sp³-hybridized carbons (Fsp3) is 0.435. The number of aryl methyl sites for hydroxylation is 1. The predicted octanol–water partition coefficient (Wildman–Crippen LogP) is 4.80. The Balaban J connectivity index is 0.00000320. The summed E-state index contributed by atoms with van der Waals surface area (Å²) in [7, 11) is 1.66. The highest BCUT2D eigenvalue weighted by Crippen LogP contribution is 2.26. The second-order valence-electron chi connectivity index (χ2n) is 7.45. The average Bonchev–Trinajstić information content (AvgIpc) is 3.25. The van der Waals surface area contributed by atoms with Crippen LogP contribution in [0.15, 0.2) is 42.5 Å². The van der Waals surface area contributed by atoms with E-state index >= 15 is 0 Å². The van der Waals surface area contributed by atoms with Gasteiger partial charge in [-0.1, -0.05) is 23.7 Å². The van der Waals surface area contributed by atoms with Crippen LogP contribution in [0.3, 0.4) is 0 Å². The van der Waals surface area contributed by atoms with Crippen molar-refractivity contribution >= 4 is 29.9 Å². The Bertz CT molecular complexity index is 824. The highest BCUT2D eigenvalue weighted by Gasteiger charge is 2.25. The number of hydrogen-bond donors (Lipinski definition) is 1. The number of likely N-dealkylation sites (tertiary alicyclic amines) is 1. The topological polar surface area (TPSA) is 50.8 Å². The zero-order valence-electron chi connectivity index (χ0n) is 17.7. The summed E-state index contributed by atoms with van der Waals surface area (Å²) in [6.07, 6.45) is 1.79. The van der Waals surface area contributed by atoms with E-state index in [1.807, 2.05) is 25.1 Å². The molecule has 5 nitrogen and oxygen atoms in total. The monoisotopic (exact) mass is 452 g/mol. The third-order valence-corrected chi connectivity index (χ3v) is 5.79. The minimum atomic E-state index is -0.592. The van der Waals surface area contributed by atoms with Crippen molar-refractivity contribution in [2.45, 2.75) is 38.8 Å². The number of amides is 1. The van der Waals surface area contributed by atoms with Gasteiger partial charge in [-0.3, -0.25) is 9.69 Å². The smallest absolute Gasteiger partial charge is 0.260 e. The summed E-state index contributed by atoms with van der Waals surface area (Å²) in [5, 5.41) is 3.75. The molecule has 1 N–H and O–H groups in total. The predicted molar refractivity (Wildman–Crippen MR) is 123 cm³/mol. The van der Waals surface area contributed by atoms with Gasteiger partial charge in [0.1, 0.15) is 11.5 Å². The molecule has 0 aromatic heterocycles. The number of carbonyl (C=O) groups excluding carboxylic acids is 1. The molecule has 0 bridgehead atoms. The minimum absolute atomic E-state index is 0. The number of carbonyl (C=O) groups is 1. The van der Waals surface area contributed by atoms with Crippen LogP contribution in [-0.4, -0.2) is 43.7 Å². The zero-order chi connectivity index (χ0) is 20.8. The molecule has 2 atom stereocenters. The summed E-state index contributed by atoms with van der Waals surface area (Å²) >= 11 is 6.06. The molecule has 1 saturated heterocycles. The van der Waals surface area contributed by atoms with Gasteiger partial charge in [0.2, 0.25) is 0 Å². The lowest BCUT2D eigenvalue weighted by Gasteiger charge is -2.29. The van der Waals surface area contributed by atoms with Crippen LogP contribution in [0, 0.1) is 6.92 Å². The van der Waals surface area contributed by atoms with Gasteiger partial charge in [-0.25, -0.2) is 0 Å². The van der Waals surface area contributed by atoms with E-state index in [2.05, 4.69) is 22.3 Å². The molecule has 30 heavy (non-hydrogen) atoms. The number of hydrogen-bond acceptors (Lipinski definition) is 4. The first kappa shape index (κ1) is 24.3. The number of halogens is 2. The second-order valence-corrected chi connectivity index (χ2v) is 7.86. The van der Waals surface area contributed by atoms with Crippen molar-refractivity contribution in [3.05, 3.63) is 58.6 Å². The summed E-state index contributed by atoms with van der Waals surface area (Å²) in [6.45, 7) is 6.30. The molecule has 1 heterocycles. The molecule has 7 heteroatoms. The van der Waals surface area contributed by atoms with E-state index in [4.69, 9.17) is 21.1 Å². The molecule has 0 radical (unpaired) electrons. The summed E-state index contributed by atoms with van der Waals surface area (Å²) in [5.74, 6) is 1.34. The van der Waals surface area contributed by atoms with Gasteiger partial charge in [0.05, 0.1) is 13.2 Å². The van der Waals surface area contributed by atoms with Crippen LogP contribution >= 0.6 is 24.0 Å². The molecule has 2 aromatic carbocycles.